The van der Waals surface area contributed by atoms with Crippen LogP contribution in [0.25, 0.3) is 27.9 Å². The lowest BCUT2D eigenvalue weighted by Crippen LogP contribution is -1.96. The molecule has 0 unspecified atom stereocenters. The van der Waals surface area contributed by atoms with E-state index >= 15 is 0 Å². The molecule has 2 aromatic carbocycles. The highest BCUT2D eigenvalue weighted by Crippen LogP contribution is 2.26. The Kier molecular flexibility index (Phi) is 2.05. The van der Waals surface area contributed by atoms with E-state index in [2.05, 4.69) is 20.5 Å². The van der Waals surface area contributed by atoms with Crippen LogP contribution in [0.4, 0.5) is 0 Å². The summed E-state index contributed by atoms with van der Waals surface area (Å²) in [5.41, 5.74) is 2.92. The number of benzene rings is 2. The lowest BCUT2D eigenvalue weighted by molar-refractivity contribution is 0.840. The zero-order valence-corrected chi connectivity index (χ0v) is 9.93. The van der Waals surface area contributed by atoms with Gasteiger partial charge in [0.25, 0.3) is 5.78 Å². The summed E-state index contributed by atoms with van der Waals surface area (Å²) >= 11 is 0. The Morgan fingerprint density at radius 1 is 0.842 bits per heavy atom. The summed E-state index contributed by atoms with van der Waals surface area (Å²) in [5, 5.41) is 12.6. The maximum absolute atomic E-state index is 4.56. The van der Waals surface area contributed by atoms with Gasteiger partial charge in [0.15, 0.2) is 0 Å². The van der Waals surface area contributed by atoms with Crippen LogP contribution < -0.4 is 0 Å². The van der Waals surface area contributed by atoms with Crippen molar-refractivity contribution in [3.8, 4) is 11.3 Å². The van der Waals surface area contributed by atoms with Crippen LogP contribution in [-0.4, -0.2) is 25.0 Å². The van der Waals surface area contributed by atoms with Crippen molar-refractivity contribution in [2.24, 2.45) is 0 Å². The van der Waals surface area contributed by atoms with Crippen LogP contribution in [0.1, 0.15) is 0 Å². The number of aromatic nitrogens is 5. The van der Waals surface area contributed by atoms with Crippen LogP contribution in [0.2, 0.25) is 0 Å². The third kappa shape index (κ3) is 1.48. The Labute approximate surface area is 108 Å². The van der Waals surface area contributed by atoms with E-state index in [4.69, 9.17) is 0 Å². The van der Waals surface area contributed by atoms with E-state index in [0.717, 1.165) is 22.2 Å². The van der Waals surface area contributed by atoms with Gasteiger partial charge in [-0.25, -0.2) is 4.98 Å². The third-order valence-electron chi connectivity index (χ3n) is 3.10. The third-order valence-corrected chi connectivity index (χ3v) is 3.10. The number of fused-ring (bicyclic) bond motifs is 3. The van der Waals surface area contributed by atoms with Crippen LogP contribution in [0.3, 0.4) is 0 Å². The van der Waals surface area contributed by atoms with Gasteiger partial charge in [-0.2, -0.15) is 4.52 Å². The van der Waals surface area contributed by atoms with Gasteiger partial charge in [0.2, 0.25) is 0 Å². The maximum Gasteiger partial charge on any atom is 0.274 e. The molecule has 5 heteroatoms. The highest BCUT2D eigenvalue weighted by atomic mass is 15.5. The minimum absolute atomic E-state index is 0.512. The normalized spacial score (nSPS) is 11.2. The summed E-state index contributed by atoms with van der Waals surface area (Å²) in [6.45, 7) is 0. The molecule has 19 heavy (non-hydrogen) atoms. The van der Waals surface area contributed by atoms with Crippen LogP contribution >= 0.6 is 0 Å². The molecule has 0 N–H and O–H groups in total. The van der Waals surface area contributed by atoms with Crippen molar-refractivity contribution in [1.29, 1.82) is 0 Å². The predicted molar refractivity (Wildman–Crippen MR) is 71.5 cm³/mol. The molecular formula is C14H9N5. The average molecular weight is 247 g/mol. The molecule has 0 aliphatic rings. The summed E-state index contributed by atoms with van der Waals surface area (Å²) in [6.07, 6.45) is 0. The zero-order valence-electron chi connectivity index (χ0n) is 9.93. The van der Waals surface area contributed by atoms with E-state index in [9.17, 15) is 0 Å². The lowest BCUT2D eigenvalue weighted by atomic mass is 10.1. The predicted octanol–water partition coefficient (Wildman–Crippen LogP) is 2.34. The molecule has 0 saturated heterocycles. The molecule has 5 nitrogen and oxygen atoms in total. The van der Waals surface area contributed by atoms with Gasteiger partial charge in [0, 0.05) is 10.9 Å². The topological polar surface area (TPSA) is 56.0 Å². The molecule has 0 aliphatic carbocycles. The molecular weight excluding hydrogens is 238 g/mol. The first-order valence-electron chi connectivity index (χ1n) is 5.96. The monoisotopic (exact) mass is 247 g/mol. The van der Waals surface area contributed by atoms with Gasteiger partial charge in [-0.3, -0.25) is 0 Å². The van der Waals surface area contributed by atoms with Gasteiger partial charge < -0.3 is 0 Å². The fourth-order valence-corrected chi connectivity index (χ4v) is 2.24. The molecule has 0 atom stereocenters. The first-order chi connectivity index (χ1) is 9.43. The summed E-state index contributed by atoms with van der Waals surface area (Å²) in [5.74, 6) is 0.512. The fourth-order valence-electron chi connectivity index (χ4n) is 2.24. The first-order valence-corrected chi connectivity index (χ1v) is 5.96. The van der Waals surface area contributed by atoms with Crippen molar-refractivity contribution in [2.75, 3.05) is 0 Å². The Balaban J connectivity index is 2.19. The summed E-state index contributed by atoms with van der Waals surface area (Å²) in [7, 11) is 0. The zero-order chi connectivity index (χ0) is 12.7. The van der Waals surface area contributed by atoms with Gasteiger partial charge >= 0.3 is 0 Å². The Bertz CT molecular complexity index is 867. The van der Waals surface area contributed by atoms with Gasteiger partial charge in [0.05, 0.1) is 11.2 Å². The number of rotatable bonds is 1. The molecule has 90 valence electrons. The van der Waals surface area contributed by atoms with Gasteiger partial charge in [0.1, 0.15) is 0 Å². The van der Waals surface area contributed by atoms with E-state index in [0.29, 0.717) is 5.78 Å². The van der Waals surface area contributed by atoms with Crippen molar-refractivity contribution < 1.29 is 0 Å². The number of tetrazole rings is 1. The van der Waals surface area contributed by atoms with Crippen molar-refractivity contribution >= 4 is 16.7 Å². The minimum atomic E-state index is 0.512. The van der Waals surface area contributed by atoms with Crippen LogP contribution in [0, 0.1) is 0 Å². The second-order valence-electron chi connectivity index (χ2n) is 4.23. The Morgan fingerprint density at radius 3 is 2.53 bits per heavy atom. The molecule has 0 fully saturated rings. The standard InChI is InChI=1S/C14H9N5/c1-2-6-10(7-3-1)13-11-8-4-5-9-12(11)19-14(15-13)16-17-18-19/h1-9H. The average Bonchev–Trinajstić information content (AvgIpc) is 2.96. The number of hydrogen-bond donors (Lipinski definition) is 0. The summed E-state index contributed by atoms with van der Waals surface area (Å²) in [4.78, 5) is 4.56. The second-order valence-corrected chi connectivity index (χ2v) is 4.23. The Morgan fingerprint density at radius 2 is 1.63 bits per heavy atom. The molecule has 4 aromatic rings. The highest BCUT2D eigenvalue weighted by molar-refractivity contribution is 5.93. The largest absolute Gasteiger partial charge is 0.274 e. The number of hydrogen-bond acceptors (Lipinski definition) is 4. The molecule has 0 spiro atoms. The smallest absolute Gasteiger partial charge is 0.209 e. The molecule has 0 aliphatic heterocycles. The Hall–Kier alpha value is -2.82. The molecule has 0 bridgehead atoms. The van der Waals surface area contributed by atoms with Gasteiger partial charge in [-0.1, -0.05) is 53.6 Å². The van der Waals surface area contributed by atoms with E-state index in [-0.39, 0.29) is 0 Å². The van der Waals surface area contributed by atoms with E-state index in [1.54, 1.807) is 4.52 Å². The van der Waals surface area contributed by atoms with E-state index in [1.165, 1.54) is 0 Å². The SMILES string of the molecule is c1ccc(-c2nc3nnnn3c3ccccc23)cc1. The molecule has 0 radical (unpaired) electrons. The number of para-hydroxylation sites is 1. The van der Waals surface area contributed by atoms with E-state index < -0.39 is 0 Å². The second kappa shape index (κ2) is 3.84. The van der Waals surface area contributed by atoms with E-state index in [1.807, 2.05) is 54.6 Å². The molecule has 0 saturated carbocycles. The van der Waals surface area contributed by atoms with Crippen molar-refractivity contribution in [1.82, 2.24) is 25.0 Å². The molecule has 2 heterocycles. The van der Waals surface area contributed by atoms with Crippen LogP contribution in [0.15, 0.2) is 54.6 Å². The molecule has 2 aromatic heterocycles. The first kappa shape index (κ1) is 10.1. The quantitative estimate of drug-likeness (QED) is 0.518. The van der Waals surface area contributed by atoms with Crippen molar-refractivity contribution in [3.63, 3.8) is 0 Å². The summed E-state index contributed by atoms with van der Waals surface area (Å²) < 4.78 is 1.65. The van der Waals surface area contributed by atoms with Crippen molar-refractivity contribution in [3.05, 3.63) is 54.6 Å². The van der Waals surface area contributed by atoms with Crippen LogP contribution in [-0.2, 0) is 0 Å². The minimum Gasteiger partial charge on any atom is -0.209 e. The fraction of sp³-hybridized carbons (Fsp3) is 0. The number of nitrogens with zero attached hydrogens (tertiary/aromatic N) is 5. The lowest BCUT2D eigenvalue weighted by Gasteiger charge is -2.06. The van der Waals surface area contributed by atoms with Gasteiger partial charge in [-0.15, -0.1) is 0 Å². The molecule has 4 rings (SSSR count). The van der Waals surface area contributed by atoms with Crippen molar-refractivity contribution in [2.45, 2.75) is 0 Å². The van der Waals surface area contributed by atoms with Gasteiger partial charge in [-0.05, 0) is 16.5 Å². The maximum atomic E-state index is 4.56. The highest BCUT2D eigenvalue weighted by Gasteiger charge is 2.11. The molecule has 0 amide bonds. The van der Waals surface area contributed by atoms with Crippen LogP contribution in [0.5, 0.6) is 0 Å². The summed E-state index contributed by atoms with van der Waals surface area (Å²) in [6, 6.07) is 18.0.